The van der Waals surface area contributed by atoms with Crippen molar-refractivity contribution in [2.45, 2.75) is 6.92 Å². The van der Waals surface area contributed by atoms with Gasteiger partial charge in [-0.1, -0.05) is 11.6 Å². The van der Waals surface area contributed by atoms with E-state index in [9.17, 15) is 9.59 Å². The summed E-state index contributed by atoms with van der Waals surface area (Å²) in [6.45, 7) is 1.81. The lowest BCUT2D eigenvalue weighted by molar-refractivity contribution is 0.0692. The van der Waals surface area contributed by atoms with Crippen LogP contribution in [0.5, 0.6) is 0 Å². The molecular formula is C14H11ClN2O3. The maximum atomic E-state index is 12.1. The van der Waals surface area contributed by atoms with Crippen LogP contribution in [-0.2, 0) is 0 Å². The summed E-state index contributed by atoms with van der Waals surface area (Å²) >= 11 is 5.89. The van der Waals surface area contributed by atoms with Gasteiger partial charge in [-0.15, -0.1) is 0 Å². The standard InChI is InChI=1S/C14H11ClN2O3/c1-8-5-9(7-10(15)6-8)13(18)17-11-3-2-4-16-12(11)14(19)20/h2-7H,1H3,(H,17,18)(H,19,20). The van der Waals surface area contributed by atoms with E-state index in [1.165, 1.54) is 18.3 Å². The fraction of sp³-hybridized carbons (Fsp3) is 0.0714. The molecule has 0 saturated carbocycles. The molecule has 1 amide bonds. The number of anilines is 1. The Bertz CT molecular complexity index is 666. The predicted octanol–water partition coefficient (Wildman–Crippen LogP) is 2.99. The van der Waals surface area contributed by atoms with Gasteiger partial charge in [-0.3, -0.25) is 4.79 Å². The summed E-state index contributed by atoms with van der Waals surface area (Å²) in [5.74, 6) is -1.64. The first-order chi connectivity index (χ1) is 9.47. The van der Waals surface area contributed by atoms with E-state index in [0.717, 1.165) is 5.56 Å². The Balaban J connectivity index is 2.30. The van der Waals surface area contributed by atoms with Crippen LogP contribution in [0.3, 0.4) is 0 Å². The minimum Gasteiger partial charge on any atom is -0.476 e. The number of aromatic nitrogens is 1. The summed E-state index contributed by atoms with van der Waals surface area (Å²) in [5, 5.41) is 12.0. The smallest absolute Gasteiger partial charge is 0.356 e. The Morgan fingerprint density at radius 2 is 2.05 bits per heavy atom. The van der Waals surface area contributed by atoms with Crippen molar-refractivity contribution < 1.29 is 14.7 Å². The van der Waals surface area contributed by atoms with Gasteiger partial charge in [0.2, 0.25) is 0 Å². The molecule has 102 valence electrons. The Hall–Kier alpha value is -2.40. The lowest BCUT2D eigenvalue weighted by atomic mass is 10.1. The van der Waals surface area contributed by atoms with Gasteiger partial charge in [0.25, 0.3) is 5.91 Å². The Morgan fingerprint density at radius 1 is 1.30 bits per heavy atom. The highest BCUT2D eigenvalue weighted by atomic mass is 35.5. The first kappa shape index (κ1) is 14.0. The third kappa shape index (κ3) is 3.13. The van der Waals surface area contributed by atoms with Gasteiger partial charge >= 0.3 is 5.97 Å². The molecule has 0 aliphatic heterocycles. The number of halogens is 1. The Kier molecular flexibility index (Phi) is 4.00. The molecule has 6 heteroatoms. The number of rotatable bonds is 3. The van der Waals surface area contributed by atoms with Crippen molar-refractivity contribution in [2.75, 3.05) is 5.32 Å². The minimum atomic E-state index is -1.21. The van der Waals surface area contributed by atoms with E-state index in [0.29, 0.717) is 10.6 Å². The number of nitrogens with one attached hydrogen (secondary N) is 1. The van der Waals surface area contributed by atoms with Crippen LogP contribution in [0.15, 0.2) is 36.5 Å². The van der Waals surface area contributed by atoms with Crippen molar-refractivity contribution in [3.8, 4) is 0 Å². The monoisotopic (exact) mass is 290 g/mol. The number of benzene rings is 1. The number of aryl methyl sites for hydroxylation is 1. The second-order valence-corrected chi connectivity index (χ2v) is 4.61. The summed E-state index contributed by atoms with van der Waals surface area (Å²) in [7, 11) is 0. The van der Waals surface area contributed by atoms with Crippen molar-refractivity contribution >= 4 is 29.2 Å². The molecule has 0 radical (unpaired) electrons. The zero-order chi connectivity index (χ0) is 14.7. The van der Waals surface area contributed by atoms with Gasteiger partial charge in [-0.25, -0.2) is 9.78 Å². The highest BCUT2D eigenvalue weighted by Gasteiger charge is 2.14. The third-order valence-electron chi connectivity index (χ3n) is 2.56. The van der Waals surface area contributed by atoms with Crippen LogP contribution in [0.4, 0.5) is 5.69 Å². The molecule has 1 aromatic heterocycles. The van der Waals surface area contributed by atoms with Crippen LogP contribution >= 0.6 is 11.6 Å². The molecule has 1 aromatic carbocycles. The van der Waals surface area contributed by atoms with Crippen LogP contribution in [0.25, 0.3) is 0 Å². The molecule has 2 aromatic rings. The number of carbonyl (C=O) groups is 2. The van der Waals surface area contributed by atoms with Crippen molar-refractivity contribution in [3.63, 3.8) is 0 Å². The summed E-state index contributed by atoms with van der Waals surface area (Å²) in [5.41, 5.74) is 1.13. The molecule has 5 nitrogen and oxygen atoms in total. The SMILES string of the molecule is Cc1cc(Cl)cc(C(=O)Nc2cccnc2C(=O)O)c1. The Labute approximate surface area is 120 Å². The Morgan fingerprint density at radius 3 is 2.70 bits per heavy atom. The predicted molar refractivity (Wildman–Crippen MR) is 75.3 cm³/mol. The number of hydrogen-bond acceptors (Lipinski definition) is 3. The minimum absolute atomic E-state index is 0.141. The van der Waals surface area contributed by atoms with E-state index in [1.54, 1.807) is 18.2 Å². The van der Waals surface area contributed by atoms with Crippen LogP contribution in [-0.4, -0.2) is 22.0 Å². The van der Waals surface area contributed by atoms with E-state index in [4.69, 9.17) is 16.7 Å². The molecule has 0 aliphatic rings. The molecule has 0 atom stereocenters. The molecule has 0 bridgehead atoms. The highest BCUT2D eigenvalue weighted by Crippen LogP contribution is 2.17. The quantitative estimate of drug-likeness (QED) is 0.911. The van der Waals surface area contributed by atoms with E-state index in [2.05, 4.69) is 10.3 Å². The molecule has 0 saturated heterocycles. The van der Waals surface area contributed by atoms with E-state index < -0.39 is 11.9 Å². The number of amides is 1. The maximum absolute atomic E-state index is 12.1. The molecule has 0 fully saturated rings. The summed E-state index contributed by atoms with van der Waals surface area (Å²) in [6.07, 6.45) is 1.35. The summed E-state index contributed by atoms with van der Waals surface area (Å²) in [6, 6.07) is 7.93. The topological polar surface area (TPSA) is 79.3 Å². The molecule has 20 heavy (non-hydrogen) atoms. The number of hydrogen-bond donors (Lipinski definition) is 2. The van der Waals surface area contributed by atoms with Gasteiger partial charge in [-0.05, 0) is 42.8 Å². The van der Waals surface area contributed by atoms with Gasteiger partial charge < -0.3 is 10.4 Å². The van der Waals surface area contributed by atoms with E-state index in [1.807, 2.05) is 6.92 Å². The van der Waals surface area contributed by atoms with Crippen LogP contribution < -0.4 is 5.32 Å². The first-order valence-electron chi connectivity index (χ1n) is 5.74. The molecular weight excluding hydrogens is 280 g/mol. The number of carboxylic acids is 1. The third-order valence-corrected chi connectivity index (χ3v) is 2.78. The summed E-state index contributed by atoms with van der Waals surface area (Å²) < 4.78 is 0. The van der Waals surface area contributed by atoms with Gasteiger partial charge in [0.05, 0.1) is 5.69 Å². The number of carboxylic acid groups (broad SMARTS) is 1. The zero-order valence-electron chi connectivity index (χ0n) is 10.6. The molecule has 1 heterocycles. The average molecular weight is 291 g/mol. The maximum Gasteiger partial charge on any atom is 0.356 e. The fourth-order valence-corrected chi connectivity index (χ4v) is 2.03. The van der Waals surface area contributed by atoms with Crippen molar-refractivity contribution in [3.05, 3.63) is 58.4 Å². The number of nitrogens with zero attached hydrogens (tertiary/aromatic N) is 1. The van der Waals surface area contributed by atoms with Gasteiger partial charge in [0, 0.05) is 16.8 Å². The van der Waals surface area contributed by atoms with Crippen molar-refractivity contribution in [2.24, 2.45) is 0 Å². The first-order valence-corrected chi connectivity index (χ1v) is 6.12. The van der Waals surface area contributed by atoms with Crippen LogP contribution in [0.1, 0.15) is 26.4 Å². The normalized spacial score (nSPS) is 10.1. The van der Waals surface area contributed by atoms with Gasteiger partial charge in [0.15, 0.2) is 5.69 Å². The van der Waals surface area contributed by atoms with Crippen molar-refractivity contribution in [1.82, 2.24) is 4.98 Å². The molecule has 2 N–H and O–H groups in total. The number of carbonyl (C=O) groups excluding carboxylic acids is 1. The summed E-state index contributed by atoms with van der Waals surface area (Å²) in [4.78, 5) is 26.8. The molecule has 0 spiro atoms. The van der Waals surface area contributed by atoms with Crippen molar-refractivity contribution in [1.29, 1.82) is 0 Å². The fourth-order valence-electron chi connectivity index (χ4n) is 1.74. The lowest BCUT2D eigenvalue weighted by Gasteiger charge is -2.08. The van der Waals surface area contributed by atoms with Crippen LogP contribution in [0.2, 0.25) is 5.02 Å². The zero-order valence-corrected chi connectivity index (χ0v) is 11.3. The second-order valence-electron chi connectivity index (χ2n) is 4.18. The number of aromatic carboxylic acids is 1. The molecule has 2 rings (SSSR count). The second kappa shape index (κ2) is 5.71. The van der Waals surface area contributed by atoms with Gasteiger partial charge in [0.1, 0.15) is 0 Å². The lowest BCUT2D eigenvalue weighted by Crippen LogP contribution is -2.15. The van der Waals surface area contributed by atoms with E-state index >= 15 is 0 Å². The molecule has 0 aliphatic carbocycles. The van der Waals surface area contributed by atoms with Crippen LogP contribution in [0, 0.1) is 6.92 Å². The van der Waals surface area contributed by atoms with E-state index in [-0.39, 0.29) is 11.4 Å². The largest absolute Gasteiger partial charge is 0.476 e. The van der Waals surface area contributed by atoms with Gasteiger partial charge in [-0.2, -0.15) is 0 Å². The number of pyridine rings is 1. The molecule has 0 unspecified atom stereocenters. The highest BCUT2D eigenvalue weighted by molar-refractivity contribution is 6.31. The average Bonchev–Trinajstić information content (AvgIpc) is 2.37.